The number of rotatable bonds is 5. The maximum absolute atomic E-state index is 12.5. The molecule has 1 aromatic carbocycles. The Morgan fingerprint density at radius 2 is 2.05 bits per heavy atom. The topological polar surface area (TPSA) is 64.7 Å². The average Bonchev–Trinajstić information content (AvgIpc) is 3.19. The van der Waals surface area contributed by atoms with E-state index in [-0.39, 0.29) is 11.9 Å². The highest BCUT2D eigenvalue weighted by molar-refractivity contribution is 5.93. The molecule has 0 aliphatic heterocycles. The molecule has 6 heteroatoms. The van der Waals surface area contributed by atoms with E-state index in [0.29, 0.717) is 12.2 Å². The minimum Gasteiger partial charge on any atom is -0.347 e. The summed E-state index contributed by atoms with van der Waals surface area (Å²) in [5.41, 5.74) is 1.65. The maximum Gasteiger partial charge on any atom is 0.268 e. The molecule has 1 atom stereocenters. The van der Waals surface area contributed by atoms with Gasteiger partial charge in [-0.1, -0.05) is 30.3 Å². The zero-order valence-corrected chi connectivity index (χ0v) is 12.3. The molecule has 0 spiro atoms. The fourth-order valence-electron chi connectivity index (χ4n) is 2.36. The molecule has 0 saturated carbocycles. The molecular formula is C16H17N5O. The van der Waals surface area contributed by atoms with Crippen molar-refractivity contribution in [2.45, 2.75) is 12.6 Å². The monoisotopic (exact) mass is 295 g/mol. The van der Waals surface area contributed by atoms with Gasteiger partial charge in [0.2, 0.25) is 0 Å². The molecule has 3 rings (SSSR count). The molecule has 1 N–H and O–H groups in total. The molecule has 22 heavy (non-hydrogen) atoms. The first-order valence-corrected chi connectivity index (χ1v) is 7.03. The van der Waals surface area contributed by atoms with Crippen LogP contribution in [0.5, 0.6) is 0 Å². The smallest absolute Gasteiger partial charge is 0.268 e. The van der Waals surface area contributed by atoms with E-state index < -0.39 is 0 Å². The van der Waals surface area contributed by atoms with Gasteiger partial charge >= 0.3 is 0 Å². The molecule has 6 nitrogen and oxygen atoms in total. The Bertz CT molecular complexity index is 733. The molecular weight excluding hydrogens is 278 g/mol. The van der Waals surface area contributed by atoms with E-state index in [2.05, 4.69) is 15.4 Å². The van der Waals surface area contributed by atoms with Gasteiger partial charge in [-0.05, 0) is 17.7 Å². The number of aromatic nitrogens is 4. The van der Waals surface area contributed by atoms with Crippen LogP contribution >= 0.6 is 0 Å². The first kappa shape index (κ1) is 14.1. The van der Waals surface area contributed by atoms with Crippen LogP contribution in [0, 0.1) is 0 Å². The standard InChI is InChI=1S/C16H17N5O/c1-20-9-5-8-15(20)16(22)19-14(10-21-12-17-11-18-21)13-6-3-2-4-7-13/h2-9,11-12,14H,10H2,1H3,(H,19,22). The summed E-state index contributed by atoms with van der Waals surface area (Å²) in [6, 6.07) is 13.3. The van der Waals surface area contributed by atoms with Crippen LogP contribution < -0.4 is 5.32 Å². The summed E-state index contributed by atoms with van der Waals surface area (Å²) < 4.78 is 3.51. The Kier molecular flexibility index (Phi) is 4.00. The predicted octanol–water partition coefficient (Wildman–Crippen LogP) is 1.79. The Labute approximate surface area is 128 Å². The first-order chi connectivity index (χ1) is 10.7. The van der Waals surface area contributed by atoms with Crippen LogP contribution in [0.3, 0.4) is 0 Å². The molecule has 3 aromatic rings. The van der Waals surface area contributed by atoms with Crippen LogP contribution in [-0.2, 0) is 13.6 Å². The molecule has 2 heterocycles. The molecule has 1 amide bonds. The Morgan fingerprint density at radius 1 is 1.23 bits per heavy atom. The van der Waals surface area contributed by atoms with Gasteiger partial charge in [0.25, 0.3) is 5.91 Å². The largest absolute Gasteiger partial charge is 0.347 e. The van der Waals surface area contributed by atoms with Gasteiger partial charge in [0.15, 0.2) is 0 Å². The van der Waals surface area contributed by atoms with E-state index in [9.17, 15) is 4.79 Å². The van der Waals surface area contributed by atoms with Gasteiger partial charge in [0.05, 0.1) is 12.6 Å². The van der Waals surface area contributed by atoms with Crippen molar-refractivity contribution >= 4 is 5.91 Å². The average molecular weight is 295 g/mol. The second-order valence-electron chi connectivity index (χ2n) is 5.06. The first-order valence-electron chi connectivity index (χ1n) is 7.03. The molecule has 112 valence electrons. The van der Waals surface area contributed by atoms with Crippen molar-refractivity contribution in [1.82, 2.24) is 24.6 Å². The number of nitrogens with zero attached hydrogens (tertiary/aromatic N) is 4. The van der Waals surface area contributed by atoms with E-state index in [4.69, 9.17) is 0 Å². The van der Waals surface area contributed by atoms with E-state index in [1.807, 2.05) is 49.6 Å². The summed E-state index contributed by atoms with van der Waals surface area (Å²) in [5.74, 6) is -0.110. The number of aryl methyl sites for hydroxylation is 1. The molecule has 0 fully saturated rings. The van der Waals surface area contributed by atoms with Crippen LogP contribution in [0.4, 0.5) is 0 Å². The van der Waals surface area contributed by atoms with Crippen molar-refractivity contribution in [1.29, 1.82) is 0 Å². The number of hydrogen-bond donors (Lipinski definition) is 1. The second kappa shape index (κ2) is 6.26. The molecule has 0 radical (unpaired) electrons. The Hall–Kier alpha value is -2.89. The van der Waals surface area contributed by atoms with E-state index >= 15 is 0 Å². The van der Waals surface area contributed by atoms with Crippen LogP contribution in [0.15, 0.2) is 61.3 Å². The molecule has 2 aromatic heterocycles. The number of amides is 1. The minimum atomic E-state index is -0.176. The summed E-state index contributed by atoms with van der Waals surface area (Å²) in [4.78, 5) is 16.4. The van der Waals surface area contributed by atoms with Gasteiger partial charge in [-0.2, -0.15) is 5.10 Å². The third-order valence-corrected chi connectivity index (χ3v) is 3.52. The van der Waals surface area contributed by atoms with Crippen LogP contribution in [-0.4, -0.2) is 25.2 Å². The molecule has 0 aliphatic rings. The van der Waals surface area contributed by atoms with Crippen LogP contribution in [0.1, 0.15) is 22.1 Å². The van der Waals surface area contributed by atoms with Crippen LogP contribution in [0.2, 0.25) is 0 Å². The zero-order chi connectivity index (χ0) is 15.4. The molecule has 0 bridgehead atoms. The van der Waals surface area contributed by atoms with Gasteiger partial charge in [-0.3, -0.25) is 9.48 Å². The number of hydrogen-bond acceptors (Lipinski definition) is 3. The van der Waals surface area contributed by atoms with Crippen molar-refractivity contribution in [2.75, 3.05) is 0 Å². The summed E-state index contributed by atoms with van der Waals surface area (Å²) in [6.07, 6.45) is 4.98. The van der Waals surface area contributed by atoms with Gasteiger partial charge in [0.1, 0.15) is 18.3 Å². The minimum absolute atomic E-state index is 0.110. The third-order valence-electron chi connectivity index (χ3n) is 3.52. The molecule has 1 unspecified atom stereocenters. The second-order valence-corrected chi connectivity index (χ2v) is 5.06. The van der Waals surface area contributed by atoms with Crippen molar-refractivity contribution in [2.24, 2.45) is 7.05 Å². The number of benzene rings is 1. The lowest BCUT2D eigenvalue weighted by Crippen LogP contribution is -2.32. The highest BCUT2D eigenvalue weighted by atomic mass is 16.2. The fourth-order valence-corrected chi connectivity index (χ4v) is 2.36. The van der Waals surface area contributed by atoms with Crippen molar-refractivity contribution in [3.63, 3.8) is 0 Å². The van der Waals surface area contributed by atoms with Crippen molar-refractivity contribution in [3.8, 4) is 0 Å². The lowest BCUT2D eigenvalue weighted by atomic mass is 10.1. The van der Waals surface area contributed by atoms with Gasteiger partial charge in [-0.15, -0.1) is 0 Å². The van der Waals surface area contributed by atoms with Gasteiger partial charge in [-0.25, -0.2) is 4.98 Å². The maximum atomic E-state index is 12.5. The molecule has 0 aliphatic carbocycles. The third kappa shape index (κ3) is 3.06. The Balaban J connectivity index is 1.82. The van der Waals surface area contributed by atoms with Crippen LogP contribution in [0.25, 0.3) is 0 Å². The van der Waals surface area contributed by atoms with Gasteiger partial charge in [0, 0.05) is 13.2 Å². The van der Waals surface area contributed by atoms with E-state index in [0.717, 1.165) is 5.56 Å². The summed E-state index contributed by atoms with van der Waals surface area (Å²) in [5, 5.41) is 7.18. The number of carbonyl (C=O) groups excluding carboxylic acids is 1. The summed E-state index contributed by atoms with van der Waals surface area (Å²) >= 11 is 0. The van der Waals surface area contributed by atoms with E-state index in [1.54, 1.807) is 21.6 Å². The predicted molar refractivity (Wildman–Crippen MR) is 82.1 cm³/mol. The lowest BCUT2D eigenvalue weighted by Gasteiger charge is -2.19. The Morgan fingerprint density at radius 3 is 2.68 bits per heavy atom. The van der Waals surface area contributed by atoms with Crippen molar-refractivity contribution in [3.05, 3.63) is 72.6 Å². The molecule has 0 saturated heterocycles. The number of nitrogens with one attached hydrogen (secondary N) is 1. The van der Waals surface area contributed by atoms with Crippen molar-refractivity contribution < 1.29 is 4.79 Å². The zero-order valence-electron chi connectivity index (χ0n) is 12.3. The quantitative estimate of drug-likeness (QED) is 0.780. The fraction of sp³-hybridized carbons (Fsp3) is 0.188. The summed E-state index contributed by atoms with van der Waals surface area (Å²) in [7, 11) is 1.85. The lowest BCUT2D eigenvalue weighted by molar-refractivity contribution is 0.0923. The highest BCUT2D eigenvalue weighted by Crippen LogP contribution is 2.15. The number of carbonyl (C=O) groups is 1. The SMILES string of the molecule is Cn1cccc1C(=O)NC(Cn1cncn1)c1ccccc1. The normalized spacial score (nSPS) is 12.0. The summed E-state index contributed by atoms with van der Waals surface area (Å²) in [6.45, 7) is 0.528. The van der Waals surface area contributed by atoms with E-state index in [1.165, 1.54) is 6.33 Å². The van der Waals surface area contributed by atoms with Gasteiger partial charge < -0.3 is 9.88 Å². The highest BCUT2D eigenvalue weighted by Gasteiger charge is 2.18.